The minimum atomic E-state index is -0.817. The van der Waals surface area contributed by atoms with Gasteiger partial charge >= 0.3 is 17.9 Å². The molecule has 0 spiro atoms. The van der Waals surface area contributed by atoms with E-state index in [0.717, 1.165) is 96.3 Å². The predicted octanol–water partition coefficient (Wildman–Crippen LogP) is 18.5. The van der Waals surface area contributed by atoms with Crippen molar-refractivity contribution in [2.45, 2.75) is 258 Å². The molecule has 0 aromatic rings. The minimum Gasteiger partial charge on any atom is -0.462 e. The van der Waals surface area contributed by atoms with E-state index < -0.39 is 6.10 Å². The molecule has 0 radical (unpaired) electrons. The molecule has 0 aromatic carbocycles. The van der Waals surface area contributed by atoms with Crippen molar-refractivity contribution in [1.82, 2.24) is 0 Å². The largest absolute Gasteiger partial charge is 0.462 e. The zero-order valence-corrected chi connectivity index (χ0v) is 43.6. The number of hydrogen-bond donors (Lipinski definition) is 0. The van der Waals surface area contributed by atoms with Gasteiger partial charge in [-0.2, -0.15) is 0 Å². The summed E-state index contributed by atoms with van der Waals surface area (Å²) in [5.41, 5.74) is 0. The number of rotatable bonds is 49. The van der Waals surface area contributed by atoms with Crippen molar-refractivity contribution < 1.29 is 28.6 Å². The number of carbonyl (C=O) groups excluding carboxylic acids is 3. The van der Waals surface area contributed by atoms with Crippen LogP contribution in [0.1, 0.15) is 252 Å². The standard InChI is InChI=1S/C61H102O6/c1-4-7-10-13-16-19-22-25-27-29-30-32-33-36-39-42-45-48-51-54-60(63)66-57-58(56-65-59(62)53-50-47-44-41-38-35-24-21-18-15-12-9-6-3)67-61(64)55-52-49-46-43-40-37-34-31-28-26-23-20-17-14-11-8-5-2/h7,10,16,19,25-28,30,32,34,36-37,39,43,46,58H,4-6,8-9,11-15,17-18,20-24,29,31,33,35,38,40-42,44-45,47-57H2,1-3H3/b10-7-,19-16-,27-25-,28-26-,32-30-,37-34-,39-36-,46-43-. The van der Waals surface area contributed by atoms with Crippen molar-refractivity contribution in [3.8, 4) is 0 Å². The van der Waals surface area contributed by atoms with Crippen molar-refractivity contribution in [2.75, 3.05) is 13.2 Å². The summed E-state index contributed by atoms with van der Waals surface area (Å²) < 4.78 is 16.8. The van der Waals surface area contributed by atoms with Gasteiger partial charge in [-0.15, -0.1) is 0 Å². The second-order valence-corrected chi connectivity index (χ2v) is 18.1. The van der Waals surface area contributed by atoms with Crippen molar-refractivity contribution in [3.63, 3.8) is 0 Å². The fourth-order valence-corrected chi connectivity index (χ4v) is 7.43. The fraction of sp³-hybridized carbons (Fsp3) is 0.689. The molecule has 0 rings (SSSR count). The lowest BCUT2D eigenvalue weighted by Crippen LogP contribution is -2.30. The van der Waals surface area contributed by atoms with Gasteiger partial charge in [0.05, 0.1) is 0 Å². The summed E-state index contributed by atoms with van der Waals surface area (Å²) >= 11 is 0. The molecule has 0 N–H and O–H groups in total. The van der Waals surface area contributed by atoms with Crippen LogP contribution in [0.4, 0.5) is 0 Å². The molecule has 0 heterocycles. The van der Waals surface area contributed by atoms with E-state index in [1.54, 1.807) is 0 Å². The van der Waals surface area contributed by atoms with Crippen LogP contribution >= 0.6 is 0 Å². The number of hydrogen-bond acceptors (Lipinski definition) is 6. The first-order valence-corrected chi connectivity index (χ1v) is 27.7. The topological polar surface area (TPSA) is 78.9 Å². The Morgan fingerprint density at radius 3 is 0.970 bits per heavy atom. The molecule has 0 saturated carbocycles. The van der Waals surface area contributed by atoms with Crippen LogP contribution in [0, 0.1) is 0 Å². The summed E-state index contributed by atoms with van der Waals surface area (Å²) in [7, 11) is 0. The average Bonchev–Trinajstić information content (AvgIpc) is 3.33. The SMILES string of the molecule is CC/C=C\C/C=C\C/C=C\C/C=C\C/C=C\CCCCCC(=O)OCC(COC(=O)CCCCCCCCCCCCCCC)OC(=O)CCC/C=C\C/C=C\C/C=C\CCCCCCCC. The van der Waals surface area contributed by atoms with Crippen molar-refractivity contribution in [1.29, 1.82) is 0 Å². The lowest BCUT2D eigenvalue weighted by molar-refractivity contribution is -0.167. The summed E-state index contributed by atoms with van der Waals surface area (Å²) in [6, 6.07) is 0. The Balaban J connectivity index is 4.52. The van der Waals surface area contributed by atoms with Crippen LogP contribution in [0.25, 0.3) is 0 Å². The van der Waals surface area contributed by atoms with E-state index in [4.69, 9.17) is 14.2 Å². The van der Waals surface area contributed by atoms with Gasteiger partial charge in [-0.05, 0) is 96.3 Å². The molecule has 6 heteroatoms. The third kappa shape index (κ3) is 53.2. The van der Waals surface area contributed by atoms with Gasteiger partial charge in [0.15, 0.2) is 6.10 Å². The molecule has 0 aliphatic carbocycles. The van der Waals surface area contributed by atoms with Crippen LogP contribution in [0.2, 0.25) is 0 Å². The molecule has 1 atom stereocenters. The molecular weight excluding hydrogens is 829 g/mol. The smallest absolute Gasteiger partial charge is 0.306 e. The molecule has 1 unspecified atom stereocenters. The van der Waals surface area contributed by atoms with Gasteiger partial charge in [-0.1, -0.05) is 234 Å². The molecule has 0 aromatic heterocycles. The molecule has 0 aliphatic rings. The first kappa shape index (κ1) is 63.3. The number of carbonyl (C=O) groups is 3. The van der Waals surface area contributed by atoms with E-state index in [1.165, 1.54) is 109 Å². The van der Waals surface area contributed by atoms with Gasteiger partial charge in [0.25, 0.3) is 0 Å². The van der Waals surface area contributed by atoms with E-state index in [9.17, 15) is 14.4 Å². The maximum absolute atomic E-state index is 12.8. The van der Waals surface area contributed by atoms with Crippen LogP contribution in [-0.2, 0) is 28.6 Å². The Labute approximate surface area is 413 Å². The van der Waals surface area contributed by atoms with Gasteiger partial charge in [0, 0.05) is 19.3 Å². The number of unbranched alkanes of at least 4 members (excludes halogenated alkanes) is 22. The molecule has 0 amide bonds. The third-order valence-corrected chi connectivity index (χ3v) is 11.6. The quantitative estimate of drug-likeness (QED) is 0.0262. The van der Waals surface area contributed by atoms with Crippen molar-refractivity contribution in [2.24, 2.45) is 0 Å². The highest BCUT2D eigenvalue weighted by Gasteiger charge is 2.19. The van der Waals surface area contributed by atoms with E-state index in [1.807, 2.05) is 0 Å². The van der Waals surface area contributed by atoms with Gasteiger partial charge in [-0.3, -0.25) is 14.4 Å². The molecule has 67 heavy (non-hydrogen) atoms. The monoisotopic (exact) mass is 931 g/mol. The summed E-state index contributed by atoms with van der Waals surface area (Å²) in [6.45, 7) is 6.45. The number of esters is 3. The van der Waals surface area contributed by atoms with Gasteiger partial charge in [0.2, 0.25) is 0 Å². The molecule has 382 valence electrons. The van der Waals surface area contributed by atoms with E-state index in [2.05, 4.69) is 118 Å². The van der Waals surface area contributed by atoms with Crippen LogP contribution in [0.3, 0.4) is 0 Å². The van der Waals surface area contributed by atoms with Gasteiger partial charge in [0.1, 0.15) is 13.2 Å². The lowest BCUT2D eigenvalue weighted by Gasteiger charge is -2.18. The summed E-state index contributed by atoms with van der Waals surface area (Å²) in [4.78, 5) is 38.1. The average molecular weight is 931 g/mol. The number of allylic oxidation sites excluding steroid dienone is 16. The van der Waals surface area contributed by atoms with Crippen molar-refractivity contribution >= 4 is 17.9 Å². The molecule has 0 bridgehead atoms. The Hall–Kier alpha value is -3.67. The van der Waals surface area contributed by atoms with E-state index >= 15 is 0 Å². The summed E-state index contributed by atoms with van der Waals surface area (Å²) in [5, 5.41) is 0. The second-order valence-electron chi connectivity index (χ2n) is 18.1. The predicted molar refractivity (Wildman–Crippen MR) is 288 cm³/mol. The molecular formula is C61H102O6. The Bertz CT molecular complexity index is 1350. The highest BCUT2D eigenvalue weighted by molar-refractivity contribution is 5.71. The zero-order valence-electron chi connectivity index (χ0n) is 43.6. The first-order chi connectivity index (χ1) is 33.0. The molecule has 6 nitrogen and oxygen atoms in total. The first-order valence-electron chi connectivity index (χ1n) is 27.7. The summed E-state index contributed by atoms with van der Waals surface area (Å²) in [6.07, 6.45) is 72.6. The van der Waals surface area contributed by atoms with Crippen LogP contribution < -0.4 is 0 Å². The maximum atomic E-state index is 12.8. The van der Waals surface area contributed by atoms with Crippen LogP contribution in [0.5, 0.6) is 0 Å². The highest BCUT2D eigenvalue weighted by atomic mass is 16.6. The maximum Gasteiger partial charge on any atom is 0.306 e. The summed E-state index contributed by atoms with van der Waals surface area (Å²) in [5.74, 6) is -0.992. The van der Waals surface area contributed by atoms with E-state index in [-0.39, 0.29) is 37.5 Å². The normalized spacial score (nSPS) is 12.8. The van der Waals surface area contributed by atoms with Crippen LogP contribution in [0.15, 0.2) is 97.2 Å². The van der Waals surface area contributed by atoms with Gasteiger partial charge in [-0.25, -0.2) is 0 Å². The number of ether oxygens (including phenoxy) is 3. The second kappa shape index (κ2) is 54.9. The van der Waals surface area contributed by atoms with Crippen molar-refractivity contribution in [3.05, 3.63) is 97.2 Å². The third-order valence-electron chi connectivity index (χ3n) is 11.6. The highest BCUT2D eigenvalue weighted by Crippen LogP contribution is 2.14. The van der Waals surface area contributed by atoms with E-state index in [0.29, 0.717) is 19.3 Å². The Kier molecular flexibility index (Phi) is 51.9. The molecule has 0 saturated heterocycles. The zero-order chi connectivity index (χ0) is 48.6. The lowest BCUT2D eigenvalue weighted by atomic mass is 10.0. The fourth-order valence-electron chi connectivity index (χ4n) is 7.43. The molecule has 0 aliphatic heterocycles. The van der Waals surface area contributed by atoms with Gasteiger partial charge < -0.3 is 14.2 Å². The minimum absolute atomic E-state index is 0.107. The molecule has 0 fully saturated rings. The Morgan fingerprint density at radius 2 is 0.597 bits per heavy atom. The Morgan fingerprint density at radius 1 is 0.313 bits per heavy atom. The van der Waals surface area contributed by atoms with Crippen LogP contribution in [-0.4, -0.2) is 37.2 Å².